The molecule has 0 spiro atoms. The second-order valence-electron chi connectivity index (χ2n) is 18.3. The van der Waals surface area contributed by atoms with Crippen molar-refractivity contribution in [3.8, 4) is 0 Å². The van der Waals surface area contributed by atoms with Gasteiger partial charge in [0.1, 0.15) is 146 Å². The van der Waals surface area contributed by atoms with Crippen LogP contribution in [0.5, 0.6) is 0 Å². The average Bonchev–Trinajstić information content (AvgIpc) is 3.35. The lowest BCUT2D eigenvalue weighted by Crippen LogP contribution is -2.70. The Morgan fingerprint density at radius 2 is 0.712 bits per heavy atom. The summed E-state index contributed by atoms with van der Waals surface area (Å²) in [4.78, 5) is 24.9. The number of hydrogen-bond donors (Lipinski definition) is 20. The van der Waals surface area contributed by atoms with E-state index in [2.05, 4.69) is 10.6 Å². The number of hydrogen-bond acceptors (Lipinski definition) is 31. The van der Waals surface area contributed by atoms with Crippen LogP contribution < -0.4 is 10.6 Å². The molecular weight excluding hydrogens is 1000 g/mol. The summed E-state index contributed by atoms with van der Waals surface area (Å²) in [5.41, 5.74) is 0. The molecule has 20 N–H and O–H groups in total. The van der Waals surface area contributed by atoms with E-state index < -0.39 is 236 Å². The van der Waals surface area contributed by atoms with Crippen molar-refractivity contribution in [2.24, 2.45) is 0 Å². The Balaban J connectivity index is 1.15. The van der Waals surface area contributed by atoms with Crippen molar-refractivity contribution in [1.82, 2.24) is 10.6 Å². The van der Waals surface area contributed by atoms with Crippen molar-refractivity contribution >= 4 is 11.8 Å². The van der Waals surface area contributed by atoms with Gasteiger partial charge in [-0.1, -0.05) is 0 Å². The summed E-state index contributed by atoms with van der Waals surface area (Å²) >= 11 is 0. The average molecular weight is 1070 g/mol. The maximum Gasteiger partial charge on any atom is 0.217 e. The zero-order chi connectivity index (χ0) is 53.9. The summed E-state index contributed by atoms with van der Waals surface area (Å²) in [6, 6.07) is -3.37. The third kappa shape index (κ3) is 13.2. The van der Waals surface area contributed by atoms with Crippen molar-refractivity contribution in [2.75, 3.05) is 39.6 Å². The first-order valence-corrected chi connectivity index (χ1v) is 23.1. The van der Waals surface area contributed by atoms with Crippen LogP contribution in [0.2, 0.25) is 0 Å². The van der Waals surface area contributed by atoms with Crippen LogP contribution in [0, 0.1) is 0 Å². The molecule has 0 saturated carbocycles. The SMILES string of the molecule is CC(=O)N[C@H]1[C@H](O[C@H]2[C@@H](O)[C@@H](CO)O[C@@H](O[C@H]3[C@H](O)[C@@H](NC(C)=O)[C@H](OC[C@H]4O[C@H](OC[C@H]5O[C@@H](O)[C@@H](O)[C@@H](O)[C@@H]5O)[C@@H](O)[C@@H](O)[C@@H]4O)O[C@@H]3CO)[C@@H]2O)O[C@H](CO)[C@@H](O[C@@H]2O[C@H](CO)[C@H](O)[C@H](O)[C@H]2O)[C@@H]1O. The van der Waals surface area contributed by atoms with Crippen LogP contribution in [-0.2, 0) is 61.7 Å². The molecule has 0 aliphatic carbocycles. The number of aliphatic hydroxyl groups excluding tert-OH is 18. The number of rotatable bonds is 18. The Hall–Kier alpha value is -2.22. The summed E-state index contributed by atoms with van der Waals surface area (Å²) < 4.78 is 62.1. The lowest BCUT2D eigenvalue weighted by atomic mass is 9.94. The van der Waals surface area contributed by atoms with Gasteiger partial charge in [-0.15, -0.1) is 0 Å². The molecule has 33 heteroatoms. The van der Waals surface area contributed by atoms with E-state index in [1.165, 1.54) is 0 Å². The van der Waals surface area contributed by atoms with Crippen molar-refractivity contribution in [3.05, 3.63) is 0 Å². The molecule has 6 fully saturated rings. The van der Waals surface area contributed by atoms with Gasteiger partial charge in [0, 0.05) is 13.8 Å². The number of carbonyl (C=O) groups excluding carboxylic acids is 2. The molecule has 0 aromatic carbocycles. The predicted molar refractivity (Wildman–Crippen MR) is 222 cm³/mol. The molecule has 0 radical (unpaired) electrons. The van der Waals surface area contributed by atoms with E-state index in [1.807, 2.05) is 0 Å². The van der Waals surface area contributed by atoms with Crippen LogP contribution in [-0.4, -0.2) is 327 Å². The highest BCUT2D eigenvalue weighted by atomic mass is 16.8. The Kier molecular flexibility index (Phi) is 21.3. The van der Waals surface area contributed by atoms with Crippen LogP contribution in [0.3, 0.4) is 0 Å². The van der Waals surface area contributed by atoms with Crippen molar-refractivity contribution in [1.29, 1.82) is 0 Å². The number of nitrogens with one attached hydrogen (secondary N) is 2. The molecule has 6 heterocycles. The number of carbonyl (C=O) groups is 2. The van der Waals surface area contributed by atoms with Crippen LogP contribution in [0.1, 0.15) is 13.8 Å². The molecule has 0 aromatic rings. The quantitative estimate of drug-likeness (QED) is 0.0606. The Labute approximate surface area is 413 Å². The van der Waals surface area contributed by atoms with Crippen molar-refractivity contribution in [3.63, 3.8) is 0 Å². The van der Waals surface area contributed by atoms with Crippen LogP contribution in [0.25, 0.3) is 0 Å². The van der Waals surface area contributed by atoms with Crippen molar-refractivity contribution in [2.45, 2.75) is 198 Å². The molecule has 6 saturated heterocycles. The summed E-state index contributed by atoms with van der Waals surface area (Å²) in [6.07, 6.45) is -51.6. The predicted octanol–water partition coefficient (Wildman–Crippen LogP) is -13.8. The lowest BCUT2D eigenvalue weighted by molar-refractivity contribution is -0.378. The molecule has 6 aliphatic heterocycles. The molecule has 424 valence electrons. The van der Waals surface area contributed by atoms with E-state index in [-0.39, 0.29) is 0 Å². The van der Waals surface area contributed by atoms with Gasteiger partial charge in [-0.05, 0) is 0 Å². The van der Waals surface area contributed by atoms with E-state index in [9.17, 15) is 102 Å². The van der Waals surface area contributed by atoms with Crippen molar-refractivity contribution < 1.29 is 154 Å². The number of ether oxygens (including phenoxy) is 11. The Bertz CT molecular complexity index is 1750. The first-order valence-electron chi connectivity index (χ1n) is 23.1. The monoisotopic (exact) mass is 1070 g/mol. The van der Waals surface area contributed by atoms with Crippen LogP contribution >= 0.6 is 0 Å². The van der Waals surface area contributed by atoms with Gasteiger partial charge in [0.15, 0.2) is 37.7 Å². The van der Waals surface area contributed by atoms with Gasteiger partial charge in [-0.3, -0.25) is 9.59 Å². The van der Waals surface area contributed by atoms with Gasteiger partial charge in [-0.25, -0.2) is 0 Å². The highest BCUT2D eigenvalue weighted by Crippen LogP contribution is 2.35. The second-order valence-corrected chi connectivity index (χ2v) is 18.3. The van der Waals surface area contributed by atoms with Gasteiger partial charge in [-0.2, -0.15) is 0 Å². The van der Waals surface area contributed by atoms with Crippen LogP contribution in [0.15, 0.2) is 0 Å². The molecule has 0 unspecified atom stereocenters. The van der Waals surface area contributed by atoms with Gasteiger partial charge in [0.25, 0.3) is 0 Å². The van der Waals surface area contributed by atoms with Gasteiger partial charge in [0.05, 0.1) is 39.6 Å². The highest BCUT2D eigenvalue weighted by Gasteiger charge is 2.57. The maximum absolute atomic E-state index is 12.5. The molecule has 6 aliphatic rings. The molecule has 0 bridgehead atoms. The largest absolute Gasteiger partial charge is 0.394 e. The topological polar surface area (TPSA) is 524 Å². The third-order valence-electron chi connectivity index (χ3n) is 13.2. The normalized spacial score (nSPS) is 49.8. The first-order chi connectivity index (χ1) is 34.5. The van der Waals surface area contributed by atoms with E-state index in [1.54, 1.807) is 0 Å². The fourth-order valence-electron chi connectivity index (χ4n) is 9.12. The second kappa shape index (κ2) is 26.0. The summed E-state index contributed by atoms with van der Waals surface area (Å²) in [5.74, 6) is -1.61. The van der Waals surface area contributed by atoms with Gasteiger partial charge in [0.2, 0.25) is 11.8 Å². The fourth-order valence-corrected chi connectivity index (χ4v) is 9.12. The minimum atomic E-state index is -2.18. The molecule has 0 aromatic heterocycles. The Morgan fingerprint density at radius 3 is 1.21 bits per heavy atom. The van der Waals surface area contributed by atoms with E-state index in [0.29, 0.717) is 0 Å². The molecule has 73 heavy (non-hydrogen) atoms. The van der Waals surface area contributed by atoms with E-state index in [4.69, 9.17) is 52.1 Å². The van der Waals surface area contributed by atoms with E-state index >= 15 is 0 Å². The smallest absolute Gasteiger partial charge is 0.217 e. The standard InChI is InChI=1S/C40H68N2O31/c1-9(47)41-17-23(53)32(13(5-45)68-36(17)63-8-16-21(51)27(57)29(59)38(70-16)64-7-15-20(50)25(55)28(58)35(62)65-15)72-40-31(61)34(22(52)12(4-44)67-40)73-37-18(42-10(2)48)24(54)33(14(6-46)69-37)71-39-30(60)26(56)19(49)11(3-43)66-39/h11-40,43-46,49-62H,3-8H2,1-2H3,(H,41,47)(H,42,48)/t11-,12-,13-,14-,15-,16-,17-,18-,19+,20-,21-,22+,23-,24-,25+,26+,27+,28+,29+,30-,31-,32-,33-,34+,35-,36-,37+,38+,39+,40+/m1/s1. The molecule has 33 nitrogen and oxygen atoms in total. The number of amides is 2. The number of aliphatic hydroxyl groups is 18. The summed E-state index contributed by atoms with van der Waals surface area (Å²) in [6.45, 7) is -3.26. The Morgan fingerprint density at radius 1 is 0.356 bits per heavy atom. The van der Waals surface area contributed by atoms with E-state index in [0.717, 1.165) is 13.8 Å². The zero-order valence-corrected chi connectivity index (χ0v) is 38.9. The molecule has 2 amide bonds. The maximum atomic E-state index is 12.5. The van der Waals surface area contributed by atoms with Gasteiger partial charge >= 0.3 is 0 Å². The highest BCUT2D eigenvalue weighted by molar-refractivity contribution is 5.73. The summed E-state index contributed by atoms with van der Waals surface area (Å²) in [7, 11) is 0. The summed E-state index contributed by atoms with van der Waals surface area (Å²) in [5, 5.41) is 195. The zero-order valence-electron chi connectivity index (χ0n) is 38.9. The fraction of sp³-hybridized carbons (Fsp3) is 0.950. The lowest BCUT2D eigenvalue weighted by Gasteiger charge is -2.50. The minimum absolute atomic E-state index is 0.710. The third-order valence-corrected chi connectivity index (χ3v) is 13.2. The first kappa shape index (κ1) is 60.0. The molecular formula is C40H68N2O31. The molecule has 6 rings (SSSR count). The molecule has 30 atom stereocenters. The minimum Gasteiger partial charge on any atom is -0.394 e. The van der Waals surface area contributed by atoms with Gasteiger partial charge < -0.3 is 155 Å². The van der Waals surface area contributed by atoms with Crippen LogP contribution in [0.4, 0.5) is 0 Å².